The van der Waals surface area contributed by atoms with Gasteiger partial charge in [-0.25, -0.2) is 4.98 Å². The lowest BCUT2D eigenvalue weighted by Crippen LogP contribution is -2.26. The number of hydrogen-bond donors (Lipinski definition) is 1. The number of nitrogens with one attached hydrogen (secondary N) is 1. The van der Waals surface area contributed by atoms with Crippen LogP contribution in [-0.2, 0) is 5.41 Å². The Kier molecular flexibility index (Phi) is 3.85. The molecule has 3 rings (SSSR count). The highest BCUT2D eigenvalue weighted by Gasteiger charge is 2.25. The highest BCUT2D eigenvalue weighted by molar-refractivity contribution is 7.09. The summed E-state index contributed by atoms with van der Waals surface area (Å²) >= 11 is 1.47. The third kappa shape index (κ3) is 3.35. The molecule has 2 heterocycles. The fourth-order valence-corrected chi connectivity index (χ4v) is 3.35. The normalized spacial score (nSPS) is 19.0. The maximum Gasteiger partial charge on any atom is 0.202 e. The number of benzene rings is 1. The second-order valence-electron chi connectivity index (χ2n) is 6.58. The Morgan fingerprint density at radius 1 is 1.24 bits per heavy atom. The lowest BCUT2D eigenvalue weighted by molar-refractivity contribution is 0.555. The smallest absolute Gasteiger partial charge is 0.202 e. The largest absolute Gasteiger partial charge is 0.369 e. The zero-order chi connectivity index (χ0) is 14.9. The molecule has 1 aliphatic rings. The monoisotopic (exact) mass is 302 g/mol. The highest BCUT2D eigenvalue weighted by atomic mass is 32.1. The average Bonchev–Trinajstić information content (AvgIpc) is 3.09. The van der Waals surface area contributed by atoms with Crippen LogP contribution in [0.15, 0.2) is 30.3 Å². The van der Waals surface area contributed by atoms with Gasteiger partial charge >= 0.3 is 0 Å². The van der Waals surface area contributed by atoms with E-state index in [2.05, 4.69) is 70.7 Å². The minimum absolute atomic E-state index is 0.0161. The van der Waals surface area contributed by atoms with Crippen LogP contribution in [0.2, 0.25) is 0 Å². The van der Waals surface area contributed by atoms with E-state index in [0.717, 1.165) is 30.5 Å². The van der Waals surface area contributed by atoms with Crippen molar-refractivity contribution in [3.05, 3.63) is 36.2 Å². The number of nitrogens with zero attached hydrogens (tertiary/aromatic N) is 3. The Bertz CT molecular complexity index is 588. The van der Waals surface area contributed by atoms with Crippen molar-refractivity contribution >= 4 is 22.4 Å². The molecular formula is C16H22N4S. The molecule has 1 unspecified atom stereocenters. The number of aromatic nitrogens is 2. The lowest BCUT2D eigenvalue weighted by atomic mass is 9.96. The van der Waals surface area contributed by atoms with Gasteiger partial charge in [-0.15, -0.1) is 0 Å². The van der Waals surface area contributed by atoms with Crippen LogP contribution >= 0.6 is 11.5 Å². The molecule has 1 aliphatic heterocycles. The van der Waals surface area contributed by atoms with E-state index in [9.17, 15) is 0 Å². The first-order valence-electron chi connectivity index (χ1n) is 7.43. The summed E-state index contributed by atoms with van der Waals surface area (Å²) in [6, 6.07) is 11.0. The van der Waals surface area contributed by atoms with E-state index in [1.165, 1.54) is 17.2 Å². The molecule has 4 nitrogen and oxygen atoms in total. The molecule has 0 saturated carbocycles. The van der Waals surface area contributed by atoms with Gasteiger partial charge in [0.05, 0.1) is 0 Å². The van der Waals surface area contributed by atoms with Gasteiger partial charge in [0.25, 0.3) is 0 Å². The van der Waals surface area contributed by atoms with Gasteiger partial charge in [-0.1, -0.05) is 39.0 Å². The quantitative estimate of drug-likeness (QED) is 0.942. The Morgan fingerprint density at radius 3 is 2.67 bits per heavy atom. The Morgan fingerprint density at radius 2 is 2.00 bits per heavy atom. The first-order valence-corrected chi connectivity index (χ1v) is 8.20. The van der Waals surface area contributed by atoms with Crippen molar-refractivity contribution in [3.63, 3.8) is 0 Å². The van der Waals surface area contributed by atoms with E-state index in [0.29, 0.717) is 6.04 Å². The Hall–Kier alpha value is -1.62. The standard InChI is InChI=1S/C16H22N4S/c1-16(2,3)14-18-15(21-19-14)17-12-9-10-20(11-12)13-7-5-4-6-8-13/h4-8,12H,9-11H2,1-3H3,(H,17,18,19). The van der Waals surface area contributed by atoms with Crippen molar-refractivity contribution < 1.29 is 0 Å². The van der Waals surface area contributed by atoms with Gasteiger partial charge < -0.3 is 10.2 Å². The van der Waals surface area contributed by atoms with Crippen LogP contribution in [0.5, 0.6) is 0 Å². The molecule has 112 valence electrons. The molecule has 2 aromatic rings. The van der Waals surface area contributed by atoms with E-state index < -0.39 is 0 Å². The van der Waals surface area contributed by atoms with E-state index in [4.69, 9.17) is 0 Å². The van der Waals surface area contributed by atoms with Crippen molar-refractivity contribution in [2.45, 2.75) is 38.6 Å². The lowest BCUT2D eigenvalue weighted by Gasteiger charge is -2.18. The molecule has 0 aliphatic carbocycles. The molecule has 1 atom stereocenters. The van der Waals surface area contributed by atoms with Crippen LogP contribution < -0.4 is 10.2 Å². The molecule has 0 radical (unpaired) electrons. The third-order valence-corrected chi connectivity index (χ3v) is 4.38. The van der Waals surface area contributed by atoms with Crippen LogP contribution in [-0.4, -0.2) is 28.5 Å². The van der Waals surface area contributed by atoms with Gasteiger partial charge in [-0.05, 0) is 18.6 Å². The summed E-state index contributed by atoms with van der Waals surface area (Å²) in [6.07, 6.45) is 1.14. The van der Waals surface area contributed by atoms with E-state index >= 15 is 0 Å². The van der Waals surface area contributed by atoms with Gasteiger partial charge in [-0.3, -0.25) is 0 Å². The summed E-state index contributed by atoms with van der Waals surface area (Å²) in [5.41, 5.74) is 1.32. The summed E-state index contributed by atoms with van der Waals surface area (Å²) in [6.45, 7) is 8.55. The summed E-state index contributed by atoms with van der Waals surface area (Å²) in [5, 5.41) is 4.48. The SMILES string of the molecule is CC(C)(C)c1nsc(NC2CCN(c3ccccc3)C2)n1. The minimum Gasteiger partial charge on any atom is -0.369 e. The molecule has 1 aromatic carbocycles. The van der Waals surface area contributed by atoms with Gasteiger partial charge in [0.15, 0.2) is 0 Å². The first kappa shape index (κ1) is 14.3. The molecule has 0 bridgehead atoms. The molecule has 0 spiro atoms. The average molecular weight is 302 g/mol. The second kappa shape index (κ2) is 5.64. The number of para-hydroxylation sites is 1. The zero-order valence-corrected chi connectivity index (χ0v) is 13.7. The van der Waals surface area contributed by atoms with Crippen LogP contribution in [0.3, 0.4) is 0 Å². The molecule has 0 amide bonds. The van der Waals surface area contributed by atoms with Gasteiger partial charge in [0.2, 0.25) is 5.13 Å². The van der Waals surface area contributed by atoms with Crippen molar-refractivity contribution in [2.24, 2.45) is 0 Å². The fraction of sp³-hybridized carbons (Fsp3) is 0.500. The van der Waals surface area contributed by atoms with E-state index in [-0.39, 0.29) is 5.41 Å². The molecule has 1 aromatic heterocycles. The summed E-state index contributed by atoms with van der Waals surface area (Å²) in [7, 11) is 0. The zero-order valence-electron chi connectivity index (χ0n) is 12.8. The van der Waals surface area contributed by atoms with Crippen LogP contribution in [0, 0.1) is 0 Å². The third-order valence-electron chi connectivity index (χ3n) is 3.73. The van der Waals surface area contributed by atoms with Crippen molar-refractivity contribution in [3.8, 4) is 0 Å². The van der Waals surface area contributed by atoms with E-state index in [1.54, 1.807) is 0 Å². The molecular weight excluding hydrogens is 280 g/mol. The maximum atomic E-state index is 4.62. The molecule has 1 saturated heterocycles. The van der Waals surface area contributed by atoms with Crippen LogP contribution in [0.4, 0.5) is 10.8 Å². The molecule has 21 heavy (non-hydrogen) atoms. The predicted octanol–water partition coefficient (Wildman–Crippen LogP) is 3.53. The van der Waals surface area contributed by atoms with Gasteiger partial charge in [0, 0.05) is 41.8 Å². The Labute approximate surface area is 130 Å². The number of anilines is 2. The Balaban J connectivity index is 1.61. The van der Waals surface area contributed by atoms with Crippen LogP contribution in [0.25, 0.3) is 0 Å². The summed E-state index contributed by atoms with van der Waals surface area (Å²) < 4.78 is 4.46. The molecule has 5 heteroatoms. The van der Waals surface area contributed by atoms with Crippen molar-refractivity contribution in [1.82, 2.24) is 9.36 Å². The number of rotatable bonds is 3. The van der Waals surface area contributed by atoms with Gasteiger partial charge in [-0.2, -0.15) is 4.37 Å². The van der Waals surface area contributed by atoms with Gasteiger partial charge in [0.1, 0.15) is 5.82 Å². The first-order chi connectivity index (χ1) is 10.0. The summed E-state index contributed by atoms with van der Waals surface area (Å²) in [4.78, 5) is 7.04. The summed E-state index contributed by atoms with van der Waals surface area (Å²) in [5.74, 6) is 0.924. The molecule has 1 fully saturated rings. The van der Waals surface area contributed by atoms with Crippen molar-refractivity contribution in [2.75, 3.05) is 23.3 Å². The second-order valence-corrected chi connectivity index (χ2v) is 7.34. The molecule has 1 N–H and O–H groups in total. The number of hydrogen-bond acceptors (Lipinski definition) is 5. The van der Waals surface area contributed by atoms with E-state index in [1.807, 2.05) is 0 Å². The highest BCUT2D eigenvalue weighted by Crippen LogP contribution is 2.26. The minimum atomic E-state index is 0.0161. The predicted molar refractivity (Wildman–Crippen MR) is 89.3 cm³/mol. The van der Waals surface area contributed by atoms with Crippen molar-refractivity contribution in [1.29, 1.82) is 0 Å². The maximum absolute atomic E-state index is 4.62. The topological polar surface area (TPSA) is 41.1 Å². The fourth-order valence-electron chi connectivity index (χ4n) is 2.51. The van der Waals surface area contributed by atoms with Crippen LogP contribution in [0.1, 0.15) is 33.0 Å².